The first-order valence-electron chi connectivity index (χ1n) is 7.33. The van der Waals surface area contributed by atoms with Crippen molar-refractivity contribution < 1.29 is 14.7 Å². The number of carbonyl (C=O) groups excluding carboxylic acids is 1. The molecule has 0 spiro atoms. The average Bonchev–Trinajstić information content (AvgIpc) is 2.95. The lowest BCUT2D eigenvalue weighted by molar-refractivity contribution is -0.155. The number of amides is 1. The summed E-state index contributed by atoms with van der Waals surface area (Å²) in [5, 5.41) is 9.59. The number of carboxylic acid groups (broad SMARTS) is 1. The van der Waals surface area contributed by atoms with E-state index in [2.05, 4.69) is 4.90 Å². The summed E-state index contributed by atoms with van der Waals surface area (Å²) in [6, 6.07) is 0.362. The summed E-state index contributed by atoms with van der Waals surface area (Å²) in [4.78, 5) is 27.8. The molecule has 0 saturated carbocycles. The number of nitrogens with zero attached hydrogens (tertiary/aromatic N) is 2. The number of hydrogen-bond donors (Lipinski definition) is 1. The van der Waals surface area contributed by atoms with Gasteiger partial charge in [-0.2, -0.15) is 0 Å². The highest BCUT2D eigenvalue weighted by molar-refractivity contribution is 5.82. The number of fused-ring (bicyclic) bond motifs is 1. The average molecular weight is 266 g/mol. The molecule has 106 valence electrons. The van der Waals surface area contributed by atoms with Crippen molar-refractivity contribution in [3.05, 3.63) is 0 Å². The third-order valence-electron chi connectivity index (χ3n) is 5.26. The molecule has 3 heterocycles. The number of hydrogen-bond acceptors (Lipinski definition) is 3. The highest BCUT2D eigenvalue weighted by Crippen LogP contribution is 2.39. The lowest BCUT2D eigenvalue weighted by Crippen LogP contribution is -2.61. The fourth-order valence-electron chi connectivity index (χ4n) is 4.16. The summed E-state index contributed by atoms with van der Waals surface area (Å²) in [5.41, 5.74) is -0.790. The van der Waals surface area contributed by atoms with E-state index in [1.165, 1.54) is 0 Å². The number of likely N-dealkylation sites (tertiary alicyclic amines) is 1. The van der Waals surface area contributed by atoms with E-state index in [-0.39, 0.29) is 18.0 Å². The van der Waals surface area contributed by atoms with Crippen molar-refractivity contribution in [1.29, 1.82) is 0 Å². The van der Waals surface area contributed by atoms with Gasteiger partial charge in [-0.05, 0) is 45.6 Å². The summed E-state index contributed by atoms with van der Waals surface area (Å²) < 4.78 is 0. The summed E-state index contributed by atoms with van der Waals surface area (Å²) in [6.45, 7) is 3.50. The van der Waals surface area contributed by atoms with Crippen LogP contribution in [0.25, 0.3) is 0 Å². The second kappa shape index (κ2) is 4.47. The van der Waals surface area contributed by atoms with Crippen molar-refractivity contribution in [1.82, 2.24) is 9.80 Å². The van der Waals surface area contributed by atoms with Gasteiger partial charge in [-0.25, -0.2) is 0 Å². The molecular formula is C14H22N2O3. The quantitative estimate of drug-likeness (QED) is 0.812. The molecule has 19 heavy (non-hydrogen) atoms. The van der Waals surface area contributed by atoms with E-state index in [0.29, 0.717) is 12.8 Å². The fourth-order valence-corrected chi connectivity index (χ4v) is 4.16. The highest BCUT2D eigenvalue weighted by Gasteiger charge is 2.52. The molecule has 5 nitrogen and oxygen atoms in total. The molecule has 3 atom stereocenters. The van der Waals surface area contributed by atoms with Gasteiger partial charge in [-0.1, -0.05) is 0 Å². The van der Waals surface area contributed by atoms with E-state index in [0.717, 1.165) is 38.8 Å². The maximum Gasteiger partial charge on any atom is 0.323 e. The number of rotatable bonds is 2. The van der Waals surface area contributed by atoms with Crippen LogP contribution >= 0.6 is 0 Å². The lowest BCUT2D eigenvalue weighted by atomic mass is 9.85. The second-order valence-electron chi connectivity index (χ2n) is 6.30. The molecule has 3 rings (SSSR count). The van der Waals surface area contributed by atoms with Crippen LogP contribution in [0.3, 0.4) is 0 Å². The molecule has 0 aromatic heterocycles. The van der Waals surface area contributed by atoms with E-state index in [1.54, 1.807) is 0 Å². The van der Waals surface area contributed by atoms with Gasteiger partial charge in [0.15, 0.2) is 0 Å². The van der Waals surface area contributed by atoms with Crippen LogP contribution in [-0.4, -0.2) is 57.5 Å². The Hall–Kier alpha value is -1.10. The molecule has 3 fully saturated rings. The Bertz CT molecular complexity index is 411. The topological polar surface area (TPSA) is 60.9 Å². The maximum absolute atomic E-state index is 12.0. The minimum Gasteiger partial charge on any atom is -0.480 e. The Morgan fingerprint density at radius 3 is 2.79 bits per heavy atom. The van der Waals surface area contributed by atoms with Crippen molar-refractivity contribution in [2.24, 2.45) is 0 Å². The molecule has 1 N–H and O–H groups in total. The number of piperidine rings is 1. The summed E-state index contributed by atoms with van der Waals surface area (Å²) in [7, 11) is 0. The van der Waals surface area contributed by atoms with E-state index >= 15 is 0 Å². The zero-order valence-electron chi connectivity index (χ0n) is 11.5. The molecule has 0 aliphatic carbocycles. The van der Waals surface area contributed by atoms with E-state index in [4.69, 9.17) is 0 Å². The van der Waals surface area contributed by atoms with Crippen molar-refractivity contribution in [2.75, 3.05) is 13.1 Å². The van der Waals surface area contributed by atoms with E-state index in [9.17, 15) is 14.7 Å². The molecule has 1 amide bonds. The monoisotopic (exact) mass is 266 g/mol. The first-order chi connectivity index (χ1) is 9.04. The van der Waals surface area contributed by atoms with Crippen LogP contribution in [0.5, 0.6) is 0 Å². The molecule has 0 aromatic rings. The van der Waals surface area contributed by atoms with Crippen LogP contribution in [0.2, 0.25) is 0 Å². The minimum absolute atomic E-state index is 0.108. The molecule has 0 radical (unpaired) electrons. The first-order valence-corrected chi connectivity index (χ1v) is 7.33. The first kappa shape index (κ1) is 12.9. The normalized spacial score (nSPS) is 39.6. The van der Waals surface area contributed by atoms with Crippen molar-refractivity contribution in [2.45, 2.75) is 63.1 Å². The molecule has 3 aliphatic heterocycles. The van der Waals surface area contributed by atoms with Gasteiger partial charge in [-0.3, -0.25) is 14.5 Å². The molecule has 3 unspecified atom stereocenters. The summed E-state index contributed by atoms with van der Waals surface area (Å²) in [6.07, 6.45) is 5.30. The van der Waals surface area contributed by atoms with Crippen LogP contribution in [0.15, 0.2) is 0 Å². The Balaban J connectivity index is 1.87. The van der Waals surface area contributed by atoms with Crippen LogP contribution in [-0.2, 0) is 9.59 Å². The molecule has 3 aliphatic rings. The van der Waals surface area contributed by atoms with Crippen LogP contribution in [0.1, 0.15) is 45.4 Å². The van der Waals surface area contributed by atoms with Crippen LogP contribution in [0.4, 0.5) is 0 Å². The highest BCUT2D eigenvalue weighted by atomic mass is 16.4. The SMILES string of the molecule is CC1(C(=O)O)CCCCN1C1CC(=O)N2CCCC12. The number of carbonyl (C=O) groups is 2. The Labute approximate surface area is 113 Å². The number of aliphatic carboxylic acids is 1. The Kier molecular flexibility index (Phi) is 3.04. The predicted octanol–water partition coefficient (Wildman–Crippen LogP) is 1.08. The maximum atomic E-state index is 12.0. The molecule has 5 heteroatoms. The standard InChI is InChI=1S/C14H22N2O3/c1-14(13(18)19)6-2-3-8-16(14)11-9-12(17)15-7-4-5-10(11)15/h10-11H,2-9H2,1H3,(H,18,19). The molecular weight excluding hydrogens is 244 g/mol. The zero-order valence-corrected chi connectivity index (χ0v) is 11.5. The zero-order chi connectivity index (χ0) is 13.6. The summed E-state index contributed by atoms with van der Waals surface area (Å²) >= 11 is 0. The van der Waals surface area contributed by atoms with Crippen molar-refractivity contribution in [3.8, 4) is 0 Å². The van der Waals surface area contributed by atoms with Gasteiger partial charge >= 0.3 is 5.97 Å². The number of carboxylic acids is 1. The smallest absolute Gasteiger partial charge is 0.323 e. The molecule has 0 bridgehead atoms. The van der Waals surface area contributed by atoms with E-state index < -0.39 is 11.5 Å². The minimum atomic E-state index is -0.790. The molecule has 3 saturated heterocycles. The van der Waals surface area contributed by atoms with Gasteiger partial charge in [0, 0.05) is 25.0 Å². The molecule has 0 aromatic carbocycles. The lowest BCUT2D eigenvalue weighted by Gasteiger charge is -2.46. The van der Waals surface area contributed by atoms with Gasteiger partial charge in [0.1, 0.15) is 5.54 Å². The fraction of sp³-hybridized carbons (Fsp3) is 0.857. The Morgan fingerprint density at radius 1 is 1.26 bits per heavy atom. The van der Waals surface area contributed by atoms with Gasteiger partial charge in [-0.15, -0.1) is 0 Å². The van der Waals surface area contributed by atoms with Gasteiger partial charge in [0.2, 0.25) is 5.91 Å². The van der Waals surface area contributed by atoms with Crippen molar-refractivity contribution in [3.63, 3.8) is 0 Å². The van der Waals surface area contributed by atoms with Gasteiger partial charge < -0.3 is 10.0 Å². The third-order valence-corrected chi connectivity index (χ3v) is 5.26. The largest absolute Gasteiger partial charge is 0.480 e. The van der Waals surface area contributed by atoms with E-state index in [1.807, 2.05) is 11.8 Å². The summed E-state index contributed by atoms with van der Waals surface area (Å²) in [5.74, 6) is -0.526. The van der Waals surface area contributed by atoms with Gasteiger partial charge in [0.05, 0.1) is 0 Å². The van der Waals surface area contributed by atoms with Crippen LogP contribution in [0, 0.1) is 0 Å². The Morgan fingerprint density at radius 2 is 2.05 bits per heavy atom. The predicted molar refractivity (Wildman–Crippen MR) is 69.7 cm³/mol. The third kappa shape index (κ3) is 1.86. The van der Waals surface area contributed by atoms with Crippen molar-refractivity contribution >= 4 is 11.9 Å². The van der Waals surface area contributed by atoms with Crippen LogP contribution < -0.4 is 0 Å². The second-order valence-corrected chi connectivity index (χ2v) is 6.30. The van der Waals surface area contributed by atoms with Gasteiger partial charge in [0.25, 0.3) is 0 Å².